The Morgan fingerprint density at radius 2 is 2.05 bits per heavy atom. The van der Waals surface area contributed by atoms with Crippen LogP contribution in [0.4, 0.5) is 0 Å². The molecule has 1 aromatic rings. The quantitative estimate of drug-likeness (QED) is 0.871. The van der Waals surface area contributed by atoms with Crippen molar-refractivity contribution >= 4 is 15.9 Å². The summed E-state index contributed by atoms with van der Waals surface area (Å²) in [7, 11) is 0. The highest BCUT2D eigenvalue weighted by Gasteiger charge is 2.19. The van der Waals surface area contributed by atoms with Gasteiger partial charge in [-0.25, -0.2) is 0 Å². The fourth-order valence-corrected chi connectivity index (χ4v) is 2.58. The Morgan fingerprint density at radius 1 is 1.32 bits per heavy atom. The van der Waals surface area contributed by atoms with Gasteiger partial charge in [0.2, 0.25) is 0 Å². The SMILES string of the molecule is CC(C)(CCO)NCc1cc(Br)c2c(c1)OCCO2. The summed E-state index contributed by atoms with van der Waals surface area (Å²) in [5.41, 5.74) is 1.04. The number of nitrogens with one attached hydrogen (secondary N) is 1. The highest BCUT2D eigenvalue weighted by atomic mass is 79.9. The first-order chi connectivity index (χ1) is 9.02. The van der Waals surface area contributed by atoms with Crippen molar-refractivity contribution in [1.29, 1.82) is 0 Å². The molecule has 1 aromatic carbocycles. The number of fused-ring (bicyclic) bond motifs is 1. The van der Waals surface area contributed by atoms with E-state index in [1.54, 1.807) is 0 Å². The maximum absolute atomic E-state index is 9.02. The summed E-state index contributed by atoms with van der Waals surface area (Å²) in [6, 6.07) is 4.04. The smallest absolute Gasteiger partial charge is 0.175 e. The van der Waals surface area contributed by atoms with Crippen molar-refractivity contribution in [3.63, 3.8) is 0 Å². The van der Waals surface area contributed by atoms with E-state index in [0.717, 1.165) is 34.5 Å². The van der Waals surface area contributed by atoms with Crippen LogP contribution in [0.2, 0.25) is 0 Å². The third kappa shape index (κ3) is 3.84. The van der Waals surface area contributed by atoms with Gasteiger partial charge in [0.15, 0.2) is 11.5 Å². The van der Waals surface area contributed by atoms with Gasteiger partial charge in [0, 0.05) is 18.7 Å². The minimum absolute atomic E-state index is 0.0888. The van der Waals surface area contributed by atoms with Gasteiger partial charge < -0.3 is 19.9 Å². The zero-order chi connectivity index (χ0) is 13.9. The molecular weight excluding hydrogens is 310 g/mol. The van der Waals surface area contributed by atoms with Crippen molar-refractivity contribution < 1.29 is 14.6 Å². The van der Waals surface area contributed by atoms with E-state index in [1.165, 1.54) is 0 Å². The monoisotopic (exact) mass is 329 g/mol. The summed E-state index contributed by atoms with van der Waals surface area (Å²) in [5, 5.41) is 12.5. The standard InChI is InChI=1S/C14H20BrNO3/c1-14(2,3-4-17)16-9-10-7-11(15)13-12(8-10)18-5-6-19-13/h7-8,16-17H,3-6,9H2,1-2H3. The minimum atomic E-state index is -0.0888. The molecule has 2 rings (SSSR count). The van der Waals surface area contributed by atoms with Gasteiger partial charge in [-0.3, -0.25) is 0 Å². The van der Waals surface area contributed by atoms with E-state index >= 15 is 0 Å². The Labute approximate surface area is 122 Å². The molecule has 0 radical (unpaired) electrons. The Morgan fingerprint density at radius 3 is 2.79 bits per heavy atom. The highest BCUT2D eigenvalue weighted by Crippen LogP contribution is 2.38. The summed E-state index contributed by atoms with van der Waals surface area (Å²) in [6.45, 7) is 6.25. The molecule has 5 heteroatoms. The topological polar surface area (TPSA) is 50.7 Å². The van der Waals surface area contributed by atoms with Crippen molar-refractivity contribution in [2.24, 2.45) is 0 Å². The second-order valence-electron chi connectivity index (χ2n) is 5.31. The predicted molar refractivity (Wildman–Crippen MR) is 77.8 cm³/mol. The molecule has 1 aliphatic rings. The first-order valence-electron chi connectivity index (χ1n) is 6.46. The van der Waals surface area contributed by atoms with Crippen LogP contribution >= 0.6 is 15.9 Å². The molecule has 1 aliphatic heterocycles. The zero-order valence-corrected chi connectivity index (χ0v) is 12.9. The Bertz CT molecular complexity index is 449. The summed E-state index contributed by atoms with van der Waals surface area (Å²) in [4.78, 5) is 0. The fourth-order valence-electron chi connectivity index (χ4n) is 1.98. The van der Waals surface area contributed by atoms with Crippen LogP contribution in [-0.2, 0) is 6.54 Å². The molecule has 0 aromatic heterocycles. The van der Waals surface area contributed by atoms with E-state index in [9.17, 15) is 0 Å². The molecule has 4 nitrogen and oxygen atoms in total. The van der Waals surface area contributed by atoms with Crippen molar-refractivity contribution in [2.45, 2.75) is 32.4 Å². The fraction of sp³-hybridized carbons (Fsp3) is 0.571. The number of aliphatic hydroxyl groups is 1. The van der Waals surface area contributed by atoms with E-state index in [2.05, 4.69) is 35.1 Å². The summed E-state index contributed by atoms with van der Waals surface area (Å²) in [6.07, 6.45) is 0.721. The van der Waals surface area contributed by atoms with Gasteiger partial charge in [-0.15, -0.1) is 0 Å². The van der Waals surface area contributed by atoms with Gasteiger partial charge in [-0.1, -0.05) is 0 Å². The highest BCUT2D eigenvalue weighted by molar-refractivity contribution is 9.10. The molecule has 0 fully saturated rings. The van der Waals surface area contributed by atoms with Crippen LogP contribution in [0, 0.1) is 0 Å². The molecule has 1 heterocycles. The van der Waals surface area contributed by atoms with Gasteiger partial charge in [-0.05, 0) is 53.9 Å². The first kappa shape index (κ1) is 14.6. The Balaban J connectivity index is 2.07. The summed E-state index contributed by atoms with van der Waals surface area (Å²) < 4.78 is 12.1. The molecule has 0 amide bonds. The predicted octanol–water partition coefficient (Wildman–Crippen LogP) is 2.47. The van der Waals surface area contributed by atoms with E-state index in [1.807, 2.05) is 12.1 Å². The number of halogens is 1. The number of ether oxygens (including phenoxy) is 2. The lowest BCUT2D eigenvalue weighted by Gasteiger charge is -2.26. The van der Waals surface area contributed by atoms with Gasteiger partial charge in [0.1, 0.15) is 13.2 Å². The van der Waals surface area contributed by atoms with Crippen molar-refractivity contribution in [1.82, 2.24) is 5.32 Å². The van der Waals surface area contributed by atoms with Crippen LogP contribution in [0.5, 0.6) is 11.5 Å². The molecule has 0 atom stereocenters. The molecule has 0 saturated heterocycles. The lowest BCUT2D eigenvalue weighted by Crippen LogP contribution is -2.39. The molecular formula is C14H20BrNO3. The van der Waals surface area contributed by atoms with Crippen LogP contribution in [0.3, 0.4) is 0 Å². The van der Waals surface area contributed by atoms with Gasteiger partial charge in [0.05, 0.1) is 4.47 Å². The average molecular weight is 330 g/mol. The molecule has 0 unspecified atom stereocenters. The van der Waals surface area contributed by atoms with E-state index in [-0.39, 0.29) is 12.1 Å². The molecule has 0 bridgehead atoms. The van der Waals surface area contributed by atoms with Crippen molar-refractivity contribution in [2.75, 3.05) is 19.8 Å². The maximum atomic E-state index is 9.02. The Kier molecular flexibility index (Phi) is 4.71. The van der Waals surface area contributed by atoms with Gasteiger partial charge in [-0.2, -0.15) is 0 Å². The zero-order valence-electron chi connectivity index (χ0n) is 11.3. The number of hydrogen-bond donors (Lipinski definition) is 2. The molecule has 19 heavy (non-hydrogen) atoms. The van der Waals surface area contributed by atoms with Crippen LogP contribution in [-0.4, -0.2) is 30.5 Å². The molecule has 0 saturated carbocycles. The summed E-state index contributed by atoms with van der Waals surface area (Å²) >= 11 is 3.51. The first-order valence-corrected chi connectivity index (χ1v) is 7.25. The second-order valence-corrected chi connectivity index (χ2v) is 6.17. The molecule has 0 spiro atoms. The minimum Gasteiger partial charge on any atom is -0.486 e. The number of aliphatic hydroxyl groups excluding tert-OH is 1. The lowest BCUT2D eigenvalue weighted by atomic mass is 10.0. The number of rotatable bonds is 5. The summed E-state index contributed by atoms with van der Waals surface area (Å²) in [5.74, 6) is 1.57. The van der Waals surface area contributed by atoms with Crippen LogP contribution < -0.4 is 14.8 Å². The second kappa shape index (κ2) is 6.11. The number of hydrogen-bond acceptors (Lipinski definition) is 4. The number of benzene rings is 1. The van der Waals surface area contributed by atoms with Crippen LogP contribution in [0.25, 0.3) is 0 Å². The average Bonchev–Trinajstić information content (AvgIpc) is 2.37. The van der Waals surface area contributed by atoms with Crippen LogP contribution in [0.1, 0.15) is 25.8 Å². The largest absolute Gasteiger partial charge is 0.486 e. The molecule has 106 valence electrons. The lowest BCUT2D eigenvalue weighted by molar-refractivity contribution is 0.170. The van der Waals surface area contributed by atoms with E-state index in [0.29, 0.717) is 13.2 Å². The van der Waals surface area contributed by atoms with E-state index in [4.69, 9.17) is 14.6 Å². The van der Waals surface area contributed by atoms with Crippen molar-refractivity contribution in [3.8, 4) is 11.5 Å². The molecule has 0 aliphatic carbocycles. The van der Waals surface area contributed by atoms with Gasteiger partial charge >= 0.3 is 0 Å². The third-order valence-corrected chi connectivity index (χ3v) is 3.75. The Hall–Kier alpha value is -0.780. The normalized spacial score (nSPS) is 14.5. The van der Waals surface area contributed by atoms with Crippen molar-refractivity contribution in [3.05, 3.63) is 22.2 Å². The van der Waals surface area contributed by atoms with Crippen LogP contribution in [0.15, 0.2) is 16.6 Å². The third-order valence-electron chi connectivity index (χ3n) is 3.16. The van der Waals surface area contributed by atoms with Gasteiger partial charge in [0.25, 0.3) is 0 Å². The maximum Gasteiger partial charge on any atom is 0.175 e. The van der Waals surface area contributed by atoms with E-state index < -0.39 is 0 Å². The molecule has 2 N–H and O–H groups in total.